The number of aromatic nitrogens is 2. The minimum Gasteiger partial charge on any atom is -0.218 e. The van der Waals surface area contributed by atoms with Gasteiger partial charge in [-0.15, -0.1) is 0 Å². The Hall–Kier alpha value is -1.83. The largest absolute Gasteiger partial charge is 0.433 e. The van der Waals surface area contributed by atoms with Crippen molar-refractivity contribution in [3.05, 3.63) is 46.6 Å². The molecule has 0 spiro atoms. The Kier molecular flexibility index (Phi) is 3.59. The molecule has 0 aliphatic rings. The molecule has 1 aromatic carbocycles. The molecule has 106 valence electrons. The van der Waals surface area contributed by atoms with Gasteiger partial charge in [-0.25, -0.2) is 23.1 Å². The normalized spacial score (nSPS) is 11.8. The lowest BCUT2D eigenvalue weighted by Crippen LogP contribution is -2.09. The van der Waals surface area contributed by atoms with Gasteiger partial charge in [0.15, 0.2) is 11.6 Å². The zero-order chi connectivity index (χ0) is 15.1. The third-order valence-corrected chi connectivity index (χ3v) is 2.44. The summed E-state index contributed by atoms with van der Waals surface area (Å²) in [5.74, 6) is -4.17. The molecular formula is C11H3ClF6N2. The second-order valence-electron chi connectivity index (χ2n) is 3.65. The first-order chi connectivity index (χ1) is 9.18. The molecule has 0 fully saturated rings. The van der Waals surface area contributed by atoms with Crippen molar-refractivity contribution in [1.82, 2.24) is 9.97 Å². The molecule has 2 rings (SSSR count). The van der Waals surface area contributed by atoms with Gasteiger partial charge in [0.25, 0.3) is 0 Å². The number of halogens is 7. The number of rotatable bonds is 1. The van der Waals surface area contributed by atoms with E-state index in [1.807, 2.05) is 0 Å². The van der Waals surface area contributed by atoms with Crippen LogP contribution in [0.4, 0.5) is 26.3 Å². The number of benzene rings is 1. The van der Waals surface area contributed by atoms with Crippen LogP contribution in [0, 0.1) is 17.5 Å². The topological polar surface area (TPSA) is 25.8 Å². The summed E-state index contributed by atoms with van der Waals surface area (Å²) in [6, 6.07) is 0.985. The van der Waals surface area contributed by atoms with E-state index < -0.39 is 45.9 Å². The van der Waals surface area contributed by atoms with E-state index in [1.165, 1.54) is 0 Å². The molecule has 0 N–H and O–H groups in total. The molecule has 20 heavy (non-hydrogen) atoms. The van der Waals surface area contributed by atoms with Crippen LogP contribution >= 0.6 is 11.6 Å². The minimum absolute atomic E-state index is 0.202. The fourth-order valence-electron chi connectivity index (χ4n) is 1.42. The van der Waals surface area contributed by atoms with Crippen molar-refractivity contribution < 1.29 is 26.3 Å². The van der Waals surface area contributed by atoms with Crippen molar-refractivity contribution in [3.63, 3.8) is 0 Å². The van der Waals surface area contributed by atoms with Gasteiger partial charge in [-0.3, -0.25) is 0 Å². The molecule has 0 radical (unpaired) electrons. The van der Waals surface area contributed by atoms with Crippen LogP contribution in [0.15, 0.2) is 18.2 Å². The summed E-state index contributed by atoms with van der Waals surface area (Å²) in [6.07, 6.45) is -4.84. The third-order valence-electron chi connectivity index (χ3n) is 2.28. The molecule has 0 amide bonds. The van der Waals surface area contributed by atoms with Crippen molar-refractivity contribution in [1.29, 1.82) is 0 Å². The highest BCUT2D eigenvalue weighted by Crippen LogP contribution is 2.32. The van der Waals surface area contributed by atoms with Gasteiger partial charge in [0.2, 0.25) is 5.28 Å². The van der Waals surface area contributed by atoms with E-state index in [1.54, 1.807) is 0 Å². The summed E-state index contributed by atoms with van der Waals surface area (Å²) in [6.45, 7) is 0. The van der Waals surface area contributed by atoms with E-state index >= 15 is 0 Å². The molecule has 1 aromatic heterocycles. The summed E-state index contributed by atoms with van der Waals surface area (Å²) in [5.41, 5.74) is -2.68. The molecule has 9 heteroatoms. The molecular weight excluding hydrogens is 310 g/mol. The maximum atomic E-state index is 13.5. The van der Waals surface area contributed by atoms with Crippen LogP contribution in [0.5, 0.6) is 0 Å². The second-order valence-corrected chi connectivity index (χ2v) is 3.99. The van der Waals surface area contributed by atoms with Crippen LogP contribution in [-0.4, -0.2) is 9.97 Å². The van der Waals surface area contributed by atoms with Crippen LogP contribution in [-0.2, 0) is 6.18 Å². The quantitative estimate of drug-likeness (QED) is 0.447. The summed E-state index contributed by atoms with van der Waals surface area (Å²) in [7, 11) is 0. The van der Waals surface area contributed by atoms with Crippen molar-refractivity contribution >= 4 is 11.6 Å². The maximum Gasteiger partial charge on any atom is 0.433 e. The van der Waals surface area contributed by atoms with Gasteiger partial charge in [-0.2, -0.15) is 13.2 Å². The van der Waals surface area contributed by atoms with Crippen molar-refractivity contribution in [3.8, 4) is 11.3 Å². The average Bonchev–Trinajstić information content (AvgIpc) is 2.32. The van der Waals surface area contributed by atoms with Crippen molar-refractivity contribution in [2.24, 2.45) is 0 Å². The molecule has 0 aliphatic carbocycles. The van der Waals surface area contributed by atoms with Gasteiger partial charge in [0.05, 0.1) is 5.69 Å². The zero-order valence-corrected chi connectivity index (χ0v) is 10.0. The summed E-state index contributed by atoms with van der Waals surface area (Å²) < 4.78 is 76.9. The first kappa shape index (κ1) is 14.6. The fraction of sp³-hybridized carbons (Fsp3) is 0.0909. The maximum absolute atomic E-state index is 13.5. The predicted octanol–water partition coefficient (Wildman–Crippen LogP) is 4.23. The second kappa shape index (κ2) is 4.93. The van der Waals surface area contributed by atoms with Gasteiger partial charge in [-0.1, -0.05) is 0 Å². The summed E-state index contributed by atoms with van der Waals surface area (Å²) in [4.78, 5) is 6.31. The van der Waals surface area contributed by atoms with E-state index in [0.717, 1.165) is 0 Å². The zero-order valence-electron chi connectivity index (χ0n) is 9.27. The molecule has 0 aliphatic heterocycles. The van der Waals surface area contributed by atoms with Crippen molar-refractivity contribution in [2.45, 2.75) is 6.18 Å². The van der Waals surface area contributed by atoms with Gasteiger partial charge in [-0.05, 0) is 23.7 Å². The van der Waals surface area contributed by atoms with Crippen LogP contribution < -0.4 is 0 Å². The fourth-order valence-corrected chi connectivity index (χ4v) is 1.60. The van der Waals surface area contributed by atoms with Crippen LogP contribution in [0.25, 0.3) is 11.3 Å². The lowest BCUT2D eigenvalue weighted by atomic mass is 10.1. The standard InChI is InChI=1S/C11H3ClF6N2/c12-10-19-8(3-9(20-10)11(16,17)18)4-1-6(14)7(15)2-5(4)13/h1-3H. The van der Waals surface area contributed by atoms with Gasteiger partial charge >= 0.3 is 6.18 Å². The van der Waals surface area contributed by atoms with Gasteiger partial charge in [0, 0.05) is 11.6 Å². The molecule has 0 saturated heterocycles. The molecule has 2 aromatic rings. The Labute approximate surface area is 113 Å². The Morgan fingerprint density at radius 1 is 0.850 bits per heavy atom. The first-order valence-electron chi connectivity index (χ1n) is 4.95. The highest BCUT2D eigenvalue weighted by molar-refractivity contribution is 6.28. The van der Waals surface area contributed by atoms with Crippen LogP contribution in [0.3, 0.4) is 0 Å². The van der Waals surface area contributed by atoms with Crippen molar-refractivity contribution in [2.75, 3.05) is 0 Å². The van der Waals surface area contributed by atoms with E-state index in [9.17, 15) is 26.3 Å². The van der Waals surface area contributed by atoms with Crippen LogP contribution in [0.2, 0.25) is 5.28 Å². The molecule has 0 saturated carbocycles. The molecule has 0 atom stereocenters. The molecule has 0 unspecified atom stereocenters. The van der Waals surface area contributed by atoms with Gasteiger partial charge < -0.3 is 0 Å². The van der Waals surface area contributed by atoms with E-state index in [0.29, 0.717) is 12.1 Å². The third kappa shape index (κ3) is 2.84. The molecule has 1 heterocycles. The summed E-state index contributed by atoms with van der Waals surface area (Å²) in [5, 5.41) is -0.793. The average molecular weight is 313 g/mol. The predicted molar refractivity (Wildman–Crippen MR) is 57.4 cm³/mol. The molecule has 2 nitrogen and oxygen atoms in total. The minimum atomic E-state index is -4.84. The highest BCUT2D eigenvalue weighted by atomic mass is 35.5. The SMILES string of the molecule is Fc1cc(F)c(-c2cc(C(F)(F)F)nc(Cl)n2)cc1F. The van der Waals surface area contributed by atoms with E-state index in [2.05, 4.69) is 9.97 Å². The Bertz CT molecular complexity index is 671. The number of hydrogen-bond acceptors (Lipinski definition) is 2. The smallest absolute Gasteiger partial charge is 0.218 e. The number of alkyl halides is 3. The summed E-state index contributed by atoms with van der Waals surface area (Å²) >= 11 is 5.32. The van der Waals surface area contributed by atoms with Gasteiger partial charge in [0.1, 0.15) is 11.5 Å². The van der Waals surface area contributed by atoms with Crippen LogP contribution in [0.1, 0.15) is 5.69 Å². The first-order valence-corrected chi connectivity index (χ1v) is 5.33. The monoisotopic (exact) mass is 312 g/mol. The highest BCUT2D eigenvalue weighted by Gasteiger charge is 2.34. The Morgan fingerprint density at radius 2 is 1.45 bits per heavy atom. The Morgan fingerprint density at radius 3 is 2.05 bits per heavy atom. The lowest BCUT2D eigenvalue weighted by molar-refractivity contribution is -0.141. The van der Waals surface area contributed by atoms with E-state index in [4.69, 9.17) is 11.6 Å². The lowest BCUT2D eigenvalue weighted by Gasteiger charge is -2.09. The molecule has 0 bridgehead atoms. The number of hydrogen-bond donors (Lipinski definition) is 0. The van der Waals surface area contributed by atoms with E-state index in [-0.39, 0.29) is 6.07 Å². The number of nitrogens with zero attached hydrogens (tertiary/aromatic N) is 2. The Balaban J connectivity index is 2.64.